The smallest absolute Gasteiger partial charge is 0.238 e. The number of para-hydroxylation sites is 3. The molecule has 0 N–H and O–H groups in total. The molecule has 0 bridgehead atoms. The summed E-state index contributed by atoms with van der Waals surface area (Å²) in [4.78, 5) is 32.0. The first-order valence-electron chi connectivity index (χ1n) is 24.0. The number of nitrogens with zero attached hydrogens (tertiary/aromatic N) is 8. The summed E-state index contributed by atoms with van der Waals surface area (Å²) in [5.74, 6) is 3.29. The molecule has 334 valence electrons. The van der Waals surface area contributed by atoms with Crippen LogP contribution in [0.15, 0.2) is 218 Å². The number of hydrogen-bond donors (Lipinski definition) is 0. The first kappa shape index (κ1) is 40.6. The van der Waals surface area contributed by atoms with Crippen LogP contribution in [0, 0.1) is 0 Å². The largest absolute Gasteiger partial charge is 0.309 e. The minimum atomic E-state index is -0.297. The molecule has 0 atom stereocenters. The summed E-state index contributed by atoms with van der Waals surface area (Å²) >= 11 is 0. The van der Waals surface area contributed by atoms with Gasteiger partial charge in [0.05, 0.1) is 27.8 Å². The number of hydrogen-bond acceptors (Lipinski definition) is 6. The lowest BCUT2D eigenvalue weighted by atomic mass is 9.81. The van der Waals surface area contributed by atoms with E-state index in [1.165, 1.54) is 22.3 Å². The Morgan fingerprint density at radius 1 is 0.324 bits per heavy atom. The molecule has 9 aromatic carbocycles. The molecule has 1 aliphatic carbocycles. The van der Waals surface area contributed by atoms with Crippen LogP contribution < -0.4 is 0 Å². The minimum Gasteiger partial charge on any atom is -0.309 e. The van der Waals surface area contributed by atoms with E-state index >= 15 is 0 Å². The molecule has 0 saturated heterocycles. The fourth-order valence-corrected chi connectivity index (χ4v) is 11.0. The second-order valence-corrected chi connectivity index (χ2v) is 18.7. The average molecular weight is 911 g/mol. The van der Waals surface area contributed by atoms with Crippen molar-refractivity contribution in [1.82, 2.24) is 39.0 Å². The van der Waals surface area contributed by atoms with Gasteiger partial charge in [0.15, 0.2) is 29.1 Å². The number of aromatic nitrogens is 8. The van der Waals surface area contributed by atoms with E-state index in [1.807, 2.05) is 78.9 Å². The van der Waals surface area contributed by atoms with Crippen molar-refractivity contribution in [2.45, 2.75) is 19.3 Å². The third-order valence-corrected chi connectivity index (χ3v) is 14.2. The van der Waals surface area contributed by atoms with Crippen LogP contribution in [0.5, 0.6) is 0 Å². The molecule has 71 heavy (non-hydrogen) atoms. The summed E-state index contributed by atoms with van der Waals surface area (Å²) in [7, 11) is 0. The average Bonchev–Trinajstić information content (AvgIpc) is 4.05. The van der Waals surface area contributed by atoms with Gasteiger partial charge < -0.3 is 4.57 Å². The first-order valence-corrected chi connectivity index (χ1v) is 24.0. The topological polar surface area (TPSA) is 87.2 Å². The van der Waals surface area contributed by atoms with Gasteiger partial charge in [0.25, 0.3) is 0 Å². The van der Waals surface area contributed by atoms with Crippen LogP contribution in [0.25, 0.3) is 123 Å². The molecule has 14 rings (SSSR count). The maximum atomic E-state index is 5.53. The standard InChI is InChI=1S/C63H42N8/c1-63(2)50-30-16-12-26-43(50)47-35-36-48-46-29-15-19-33-53(46)71(56(48)55(47)63)62-68-59(41-24-10-5-11-25-41)65-60(69-62)42-34-37-54(70-51-31-17-13-27-44(51)45-28-14-18-32-52(45)70)49(38-42)61-66-57(39-20-6-3-7-21-39)64-58(67-61)40-22-8-4-9-23-40/h3-38H,1-2H3. The van der Waals surface area contributed by atoms with Gasteiger partial charge in [-0.2, -0.15) is 9.97 Å². The molecule has 8 nitrogen and oxygen atoms in total. The second-order valence-electron chi connectivity index (χ2n) is 18.7. The van der Waals surface area contributed by atoms with E-state index < -0.39 is 0 Å². The number of benzene rings is 9. The molecular formula is C63H42N8. The van der Waals surface area contributed by atoms with Gasteiger partial charge >= 0.3 is 0 Å². The molecule has 8 heteroatoms. The Labute approximate surface area is 409 Å². The van der Waals surface area contributed by atoms with Crippen molar-refractivity contribution in [2.24, 2.45) is 0 Å². The van der Waals surface area contributed by atoms with Gasteiger partial charge in [-0.05, 0) is 58.7 Å². The van der Waals surface area contributed by atoms with E-state index in [9.17, 15) is 0 Å². The summed E-state index contributed by atoms with van der Waals surface area (Å²) in [6.45, 7) is 4.67. The molecule has 0 amide bonds. The van der Waals surface area contributed by atoms with E-state index in [0.717, 1.165) is 77.1 Å². The van der Waals surface area contributed by atoms with Gasteiger partial charge in [0.1, 0.15) is 0 Å². The Morgan fingerprint density at radius 3 is 1.35 bits per heavy atom. The van der Waals surface area contributed by atoms with Crippen molar-refractivity contribution >= 4 is 43.6 Å². The van der Waals surface area contributed by atoms with Crippen LogP contribution in [-0.4, -0.2) is 39.0 Å². The van der Waals surface area contributed by atoms with E-state index in [1.54, 1.807) is 0 Å². The van der Waals surface area contributed by atoms with Gasteiger partial charge in [-0.1, -0.05) is 196 Å². The summed E-state index contributed by atoms with van der Waals surface area (Å²) < 4.78 is 4.59. The van der Waals surface area contributed by atoms with Crippen LogP contribution in [0.2, 0.25) is 0 Å². The third-order valence-electron chi connectivity index (χ3n) is 14.2. The second kappa shape index (κ2) is 15.8. The van der Waals surface area contributed by atoms with Crippen LogP contribution in [0.4, 0.5) is 0 Å². The van der Waals surface area contributed by atoms with Crippen LogP contribution in [0.3, 0.4) is 0 Å². The van der Waals surface area contributed by atoms with Crippen molar-refractivity contribution in [2.75, 3.05) is 0 Å². The summed E-state index contributed by atoms with van der Waals surface area (Å²) in [5.41, 5.74) is 14.2. The summed E-state index contributed by atoms with van der Waals surface area (Å²) in [5, 5.41) is 4.60. The number of fused-ring (bicyclic) bond motifs is 10. The van der Waals surface area contributed by atoms with E-state index in [-0.39, 0.29) is 5.41 Å². The monoisotopic (exact) mass is 910 g/mol. The summed E-state index contributed by atoms with van der Waals surface area (Å²) in [6.07, 6.45) is 0. The van der Waals surface area contributed by atoms with Gasteiger partial charge in [-0.3, -0.25) is 4.57 Å². The molecule has 0 radical (unpaired) electrons. The highest BCUT2D eigenvalue weighted by Gasteiger charge is 2.39. The Bertz CT molecular complexity index is 4140. The molecule has 4 aromatic heterocycles. The molecule has 0 aliphatic heterocycles. The van der Waals surface area contributed by atoms with Crippen molar-refractivity contribution < 1.29 is 0 Å². The van der Waals surface area contributed by atoms with Crippen molar-refractivity contribution in [1.29, 1.82) is 0 Å². The fourth-order valence-electron chi connectivity index (χ4n) is 11.0. The number of rotatable bonds is 7. The van der Waals surface area contributed by atoms with Crippen molar-refractivity contribution in [3.05, 3.63) is 230 Å². The van der Waals surface area contributed by atoms with Gasteiger partial charge in [-0.25, -0.2) is 19.9 Å². The predicted octanol–water partition coefficient (Wildman–Crippen LogP) is 14.9. The van der Waals surface area contributed by atoms with E-state index in [0.29, 0.717) is 35.1 Å². The third kappa shape index (κ3) is 6.38. The van der Waals surface area contributed by atoms with Crippen LogP contribution in [-0.2, 0) is 5.41 Å². The van der Waals surface area contributed by atoms with Gasteiger partial charge in [0.2, 0.25) is 5.95 Å². The molecule has 0 spiro atoms. The van der Waals surface area contributed by atoms with Gasteiger partial charge in [-0.15, -0.1) is 0 Å². The van der Waals surface area contributed by atoms with Crippen LogP contribution >= 0.6 is 0 Å². The molecule has 1 aliphatic rings. The SMILES string of the molecule is CC1(C)c2ccccc2-c2ccc3c4ccccc4n(-c4nc(-c5ccccc5)nc(-c5ccc(-n6c7ccccc7c7ccccc76)c(-c6nc(-c7ccccc7)nc(-c7ccccc7)n6)c5)n4)c3c21. The lowest BCUT2D eigenvalue weighted by Crippen LogP contribution is -2.17. The minimum absolute atomic E-state index is 0.297. The quantitative estimate of drug-likeness (QED) is 0.158. The predicted molar refractivity (Wildman–Crippen MR) is 287 cm³/mol. The lowest BCUT2D eigenvalue weighted by Gasteiger charge is -2.23. The zero-order chi connectivity index (χ0) is 47.2. The molecule has 0 unspecified atom stereocenters. The van der Waals surface area contributed by atoms with E-state index in [4.69, 9.17) is 29.9 Å². The Balaban J connectivity index is 1.07. The Morgan fingerprint density at radius 2 is 0.775 bits per heavy atom. The maximum Gasteiger partial charge on any atom is 0.238 e. The fraction of sp³-hybridized carbons (Fsp3) is 0.0476. The zero-order valence-corrected chi connectivity index (χ0v) is 38.9. The van der Waals surface area contributed by atoms with Crippen LogP contribution in [0.1, 0.15) is 25.0 Å². The summed E-state index contributed by atoms with van der Waals surface area (Å²) in [6, 6.07) is 75.9. The normalized spacial score (nSPS) is 12.8. The first-order chi connectivity index (χ1) is 35.0. The Kier molecular flexibility index (Phi) is 9.06. The lowest BCUT2D eigenvalue weighted by molar-refractivity contribution is 0.663. The molecule has 0 fully saturated rings. The maximum absolute atomic E-state index is 5.53. The van der Waals surface area contributed by atoms with Crippen molar-refractivity contribution in [3.63, 3.8) is 0 Å². The highest BCUT2D eigenvalue weighted by atomic mass is 15.2. The zero-order valence-electron chi connectivity index (χ0n) is 38.9. The highest BCUT2D eigenvalue weighted by molar-refractivity contribution is 6.13. The van der Waals surface area contributed by atoms with E-state index in [2.05, 4.69) is 163 Å². The molecule has 13 aromatic rings. The molecule has 0 saturated carbocycles. The Hall–Kier alpha value is -9.40. The highest BCUT2D eigenvalue weighted by Crippen LogP contribution is 2.53. The van der Waals surface area contributed by atoms with Gasteiger partial charge in [0, 0.05) is 54.8 Å². The van der Waals surface area contributed by atoms with Crippen molar-refractivity contribution in [3.8, 4) is 79.7 Å². The molecule has 4 heterocycles. The molecular weight excluding hydrogens is 869 g/mol.